The highest BCUT2D eigenvalue weighted by Gasteiger charge is 2.23. The predicted octanol–water partition coefficient (Wildman–Crippen LogP) is 3.40. The van der Waals surface area contributed by atoms with Crippen molar-refractivity contribution < 1.29 is 0 Å². The Morgan fingerprint density at radius 2 is 2.06 bits per heavy atom. The molecule has 0 aliphatic carbocycles. The van der Waals surface area contributed by atoms with Crippen molar-refractivity contribution in [3.05, 3.63) is 35.4 Å². The highest BCUT2D eigenvalue weighted by Crippen LogP contribution is 2.32. The van der Waals surface area contributed by atoms with E-state index < -0.39 is 0 Å². The average Bonchev–Trinajstić information content (AvgIpc) is 2.34. The van der Waals surface area contributed by atoms with E-state index in [4.69, 9.17) is 0 Å². The van der Waals surface area contributed by atoms with E-state index in [9.17, 15) is 0 Å². The summed E-state index contributed by atoms with van der Waals surface area (Å²) in [6, 6.07) is 9.52. The zero-order chi connectivity index (χ0) is 11.4. The third-order valence-electron chi connectivity index (χ3n) is 3.41. The molecule has 0 amide bonds. The highest BCUT2D eigenvalue weighted by molar-refractivity contribution is 7.99. The Morgan fingerprint density at radius 3 is 2.62 bits per heavy atom. The molecule has 16 heavy (non-hydrogen) atoms. The molecular weight excluding hydrogens is 214 g/mol. The van der Waals surface area contributed by atoms with Crippen LogP contribution in [0.5, 0.6) is 0 Å². The Morgan fingerprint density at radius 1 is 1.31 bits per heavy atom. The molecule has 2 rings (SSSR count). The molecule has 1 aromatic rings. The van der Waals surface area contributed by atoms with Crippen LogP contribution in [0.2, 0.25) is 0 Å². The lowest BCUT2D eigenvalue weighted by Gasteiger charge is -2.30. The summed E-state index contributed by atoms with van der Waals surface area (Å²) in [5, 5.41) is 3.49. The van der Waals surface area contributed by atoms with E-state index in [-0.39, 0.29) is 0 Å². The van der Waals surface area contributed by atoms with Crippen molar-refractivity contribution in [2.75, 3.05) is 18.6 Å². The zero-order valence-electron chi connectivity index (χ0n) is 10.2. The maximum Gasteiger partial charge on any atom is 0.0354 e. The molecule has 2 heteroatoms. The number of thioether (sulfide) groups is 1. The number of benzene rings is 1. The number of aryl methyl sites for hydroxylation is 1. The van der Waals surface area contributed by atoms with Gasteiger partial charge in [0.15, 0.2) is 0 Å². The first kappa shape index (κ1) is 12.0. The van der Waals surface area contributed by atoms with Gasteiger partial charge in [-0.05, 0) is 49.8 Å². The van der Waals surface area contributed by atoms with Crippen molar-refractivity contribution in [3.8, 4) is 0 Å². The minimum absolute atomic E-state index is 0.536. The van der Waals surface area contributed by atoms with Gasteiger partial charge in [0.25, 0.3) is 0 Å². The van der Waals surface area contributed by atoms with E-state index in [1.807, 2.05) is 0 Å². The van der Waals surface area contributed by atoms with Crippen molar-refractivity contribution in [2.45, 2.75) is 25.8 Å². The van der Waals surface area contributed by atoms with Gasteiger partial charge in [0.2, 0.25) is 0 Å². The molecule has 1 heterocycles. The standard InChI is InChI=1S/C14H21NS/c1-11-5-7-12(8-6-11)14(15-2)13-4-3-9-16-10-13/h5-8,13-15H,3-4,9-10H2,1-2H3. The fourth-order valence-corrected chi connectivity index (χ4v) is 3.68. The first-order valence-corrected chi connectivity index (χ1v) is 7.28. The SMILES string of the molecule is CNC(c1ccc(C)cc1)C1CCCSC1. The molecular formula is C14H21NS. The summed E-state index contributed by atoms with van der Waals surface area (Å²) in [7, 11) is 2.09. The lowest BCUT2D eigenvalue weighted by Crippen LogP contribution is -2.28. The Hall–Kier alpha value is -0.470. The van der Waals surface area contributed by atoms with Gasteiger partial charge >= 0.3 is 0 Å². The average molecular weight is 235 g/mol. The molecule has 0 radical (unpaired) electrons. The van der Waals surface area contributed by atoms with Crippen LogP contribution >= 0.6 is 11.8 Å². The van der Waals surface area contributed by atoms with E-state index in [1.54, 1.807) is 0 Å². The summed E-state index contributed by atoms with van der Waals surface area (Å²) >= 11 is 2.10. The van der Waals surface area contributed by atoms with Crippen LogP contribution in [0, 0.1) is 12.8 Å². The summed E-state index contributed by atoms with van der Waals surface area (Å²) in [6.07, 6.45) is 2.74. The Kier molecular flexibility index (Phi) is 4.30. The second kappa shape index (κ2) is 5.74. The van der Waals surface area contributed by atoms with Gasteiger partial charge in [0.05, 0.1) is 0 Å². The van der Waals surface area contributed by atoms with E-state index in [0.717, 1.165) is 5.92 Å². The molecule has 1 fully saturated rings. The van der Waals surface area contributed by atoms with Crippen LogP contribution in [0.15, 0.2) is 24.3 Å². The minimum atomic E-state index is 0.536. The summed E-state index contributed by atoms with van der Waals surface area (Å²) in [5.41, 5.74) is 2.79. The second-order valence-electron chi connectivity index (χ2n) is 4.65. The van der Waals surface area contributed by atoms with E-state index in [2.05, 4.69) is 55.3 Å². The van der Waals surface area contributed by atoms with Gasteiger partial charge in [0.1, 0.15) is 0 Å². The Bertz CT molecular complexity index is 314. The summed E-state index contributed by atoms with van der Waals surface area (Å²) in [4.78, 5) is 0. The topological polar surface area (TPSA) is 12.0 Å². The molecule has 0 spiro atoms. The summed E-state index contributed by atoms with van der Waals surface area (Å²) < 4.78 is 0. The molecule has 2 atom stereocenters. The molecule has 1 N–H and O–H groups in total. The van der Waals surface area contributed by atoms with Crippen LogP contribution in [0.25, 0.3) is 0 Å². The van der Waals surface area contributed by atoms with Crippen molar-refractivity contribution >= 4 is 11.8 Å². The van der Waals surface area contributed by atoms with Crippen LogP contribution in [-0.4, -0.2) is 18.6 Å². The Balaban J connectivity index is 2.11. The third kappa shape index (κ3) is 2.80. The van der Waals surface area contributed by atoms with E-state index >= 15 is 0 Å². The summed E-state index contributed by atoms with van der Waals surface area (Å²) in [6.45, 7) is 2.15. The van der Waals surface area contributed by atoms with Gasteiger partial charge in [0, 0.05) is 6.04 Å². The fourth-order valence-electron chi connectivity index (χ4n) is 2.48. The lowest BCUT2D eigenvalue weighted by molar-refractivity contribution is 0.384. The maximum absolute atomic E-state index is 3.49. The number of rotatable bonds is 3. The van der Waals surface area contributed by atoms with Crippen LogP contribution in [-0.2, 0) is 0 Å². The molecule has 1 aliphatic rings. The molecule has 1 aliphatic heterocycles. The third-order valence-corrected chi connectivity index (χ3v) is 4.66. The minimum Gasteiger partial charge on any atom is -0.313 e. The van der Waals surface area contributed by atoms with Gasteiger partial charge in [-0.3, -0.25) is 0 Å². The van der Waals surface area contributed by atoms with E-state index in [0.29, 0.717) is 6.04 Å². The molecule has 0 bridgehead atoms. The second-order valence-corrected chi connectivity index (χ2v) is 5.80. The van der Waals surface area contributed by atoms with E-state index in [1.165, 1.54) is 35.5 Å². The Labute approximate surface area is 103 Å². The molecule has 88 valence electrons. The number of hydrogen-bond acceptors (Lipinski definition) is 2. The normalized spacial score (nSPS) is 23.0. The molecule has 0 saturated carbocycles. The van der Waals surface area contributed by atoms with Crippen molar-refractivity contribution in [3.63, 3.8) is 0 Å². The van der Waals surface area contributed by atoms with Crippen molar-refractivity contribution in [1.29, 1.82) is 0 Å². The molecule has 1 aromatic carbocycles. The van der Waals surface area contributed by atoms with Crippen LogP contribution in [0.4, 0.5) is 0 Å². The van der Waals surface area contributed by atoms with Gasteiger partial charge in [-0.25, -0.2) is 0 Å². The smallest absolute Gasteiger partial charge is 0.0354 e. The quantitative estimate of drug-likeness (QED) is 0.862. The highest BCUT2D eigenvalue weighted by atomic mass is 32.2. The van der Waals surface area contributed by atoms with Crippen molar-refractivity contribution in [2.24, 2.45) is 5.92 Å². The molecule has 1 saturated heterocycles. The van der Waals surface area contributed by atoms with Crippen LogP contribution in [0.3, 0.4) is 0 Å². The largest absolute Gasteiger partial charge is 0.313 e. The first-order valence-electron chi connectivity index (χ1n) is 6.13. The van der Waals surface area contributed by atoms with Gasteiger partial charge < -0.3 is 5.32 Å². The van der Waals surface area contributed by atoms with Gasteiger partial charge in [-0.15, -0.1) is 0 Å². The van der Waals surface area contributed by atoms with Gasteiger partial charge in [-0.1, -0.05) is 29.8 Å². The molecule has 0 aromatic heterocycles. The van der Waals surface area contributed by atoms with Gasteiger partial charge in [-0.2, -0.15) is 11.8 Å². The molecule has 2 unspecified atom stereocenters. The number of hydrogen-bond donors (Lipinski definition) is 1. The van der Waals surface area contributed by atoms with Crippen LogP contribution in [0.1, 0.15) is 30.0 Å². The summed E-state index contributed by atoms with van der Waals surface area (Å²) in [5.74, 6) is 3.45. The maximum atomic E-state index is 3.49. The predicted molar refractivity (Wildman–Crippen MR) is 73.0 cm³/mol. The zero-order valence-corrected chi connectivity index (χ0v) is 11.0. The fraction of sp³-hybridized carbons (Fsp3) is 0.571. The van der Waals surface area contributed by atoms with Crippen molar-refractivity contribution in [1.82, 2.24) is 5.32 Å². The monoisotopic (exact) mass is 235 g/mol. The lowest BCUT2D eigenvalue weighted by atomic mass is 9.90. The number of nitrogens with one attached hydrogen (secondary N) is 1. The molecule has 1 nitrogen and oxygen atoms in total. The van der Waals surface area contributed by atoms with Crippen LogP contribution < -0.4 is 5.32 Å². The first-order chi connectivity index (χ1) is 7.81.